The van der Waals surface area contributed by atoms with Crippen molar-refractivity contribution in [2.24, 2.45) is 5.73 Å². The van der Waals surface area contributed by atoms with Crippen LogP contribution in [0.5, 0.6) is 0 Å². The molecule has 0 unspecified atom stereocenters. The van der Waals surface area contributed by atoms with Gasteiger partial charge in [0.2, 0.25) is 0 Å². The zero-order chi connectivity index (χ0) is 12.1. The molecule has 0 radical (unpaired) electrons. The molecule has 0 amide bonds. The van der Waals surface area contributed by atoms with Crippen LogP contribution >= 0.6 is 0 Å². The molecule has 0 saturated heterocycles. The van der Waals surface area contributed by atoms with Crippen molar-refractivity contribution in [3.63, 3.8) is 0 Å². The Balaban J connectivity index is 2.05. The molecule has 1 nitrogen and oxygen atoms in total. The third kappa shape index (κ3) is 3.49. The Bertz CT molecular complexity index is 498. The highest BCUT2D eigenvalue weighted by molar-refractivity contribution is 5.57. The van der Waals surface area contributed by atoms with Gasteiger partial charge in [0.25, 0.3) is 0 Å². The van der Waals surface area contributed by atoms with Crippen LogP contribution in [0.15, 0.2) is 71.5 Å². The summed E-state index contributed by atoms with van der Waals surface area (Å²) in [4.78, 5) is 0. The van der Waals surface area contributed by atoms with Gasteiger partial charge in [-0.15, -0.1) is 0 Å². The quantitative estimate of drug-likeness (QED) is 0.828. The average Bonchev–Trinajstić information content (AvgIpc) is 2.75. The lowest BCUT2D eigenvalue weighted by atomic mass is 10.1. The molecule has 2 rings (SSSR count). The molecule has 0 spiro atoms. The van der Waals surface area contributed by atoms with Gasteiger partial charge in [0.1, 0.15) is 0 Å². The van der Waals surface area contributed by atoms with E-state index < -0.39 is 0 Å². The van der Waals surface area contributed by atoms with Crippen LogP contribution in [0.2, 0.25) is 0 Å². The standard InChI is InChI=1S/C16H17N/c1-13(17)11-16-10-9-15(12-16)8-7-14-5-3-2-4-6-14/h2-9,11-12H,10,17H2,1H3/b8-7+,13-11-. The van der Waals surface area contributed by atoms with E-state index in [1.54, 1.807) is 0 Å². The van der Waals surface area contributed by atoms with E-state index in [2.05, 4.69) is 36.4 Å². The number of rotatable bonds is 3. The number of hydrogen-bond acceptors (Lipinski definition) is 1. The number of nitrogens with two attached hydrogens (primary N) is 1. The minimum absolute atomic E-state index is 0.859. The molecule has 0 aliphatic heterocycles. The first-order valence-electron chi connectivity index (χ1n) is 5.82. The maximum absolute atomic E-state index is 5.66. The summed E-state index contributed by atoms with van der Waals surface area (Å²) in [5, 5.41) is 0. The van der Waals surface area contributed by atoms with E-state index in [4.69, 9.17) is 5.73 Å². The highest BCUT2D eigenvalue weighted by Gasteiger charge is 2.01. The predicted octanol–water partition coefficient (Wildman–Crippen LogP) is 3.82. The van der Waals surface area contributed by atoms with E-state index in [1.807, 2.05) is 31.2 Å². The molecule has 0 atom stereocenters. The molecule has 17 heavy (non-hydrogen) atoms. The van der Waals surface area contributed by atoms with Gasteiger partial charge in [-0.3, -0.25) is 0 Å². The molecule has 1 aliphatic carbocycles. The molecule has 1 aliphatic rings. The van der Waals surface area contributed by atoms with Gasteiger partial charge >= 0.3 is 0 Å². The minimum atomic E-state index is 0.859. The molecule has 0 fully saturated rings. The first kappa shape index (κ1) is 11.5. The third-order valence-corrected chi connectivity index (χ3v) is 2.61. The van der Waals surface area contributed by atoms with Gasteiger partial charge < -0.3 is 5.73 Å². The Morgan fingerprint density at radius 1 is 1.18 bits per heavy atom. The van der Waals surface area contributed by atoms with Crippen molar-refractivity contribution in [3.05, 3.63) is 77.0 Å². The molecule has 2 N–H and O–H groups in total. The Morgan fingerprint density at radius 2 is 1.94 bits per heavy atom. The zero-order valence-electron chi connectivity index (χ0n) is 10.1. The molecule has 86 valence electrons. The second-order valence-corrected chi connectivity index (χ2v) is 4.26. The van der Waals surface area contributed by atoms with Crippen LogP contribution in [-0.2, 0) is 0 Å². The van der Waals surface area contributed by atoms with Crippen molar-refractivity contribution in [2.45, 2.75) is 13.3 Å². The van der Waals surface area contributed by atoms with Gasteiger partial charge in [0.05, 0.1) is 0 Å². The van der Waals surface area contributed by atoms with E-state index in [0.717, 1.165) is 12.1 Å². The summed E-state index contributed by atoms with van der Waals surface area (Å²) in [6, 6.07) is 10.3. The number of benzene rings is 1. The summed E-state index contributed by atoms with van der Waals surface area (Å²) in [5.74, 6) is 0. The molecule has 0 aromatic heterocycles. The van der Waals surface area contributed by atoms with E-state index in [0.29, 0.717) is 0 Å². The van der Waals surface area contributed by atoms with Crippen molar-refractivity contribution >= 4 is 6.08 Å². The van der Waals surface area contributed by atoms with Crippen LogP contribution in [0, 0.1) is 0 Å². The first-order chi connectivity index (χ1) is 8.24. The van der Waals surface area contributed by atoms with E-state index >= 15 is 0 Å². The highest BCUT2D eigenvalue weighted by Crippen LogP contribution is 2.20. The second-order valence-electron chi connectivity index (χ2n) is 4.26. The van der Waals surface area contributed by atoms with E-state index in [9.17, 15) is 0 Å². The van der Waals surface area contributed by atoms with Gasteiger partial charge in [0.15, 0.2) is 0 Å². The fourth-order valence-corrected chi connectivity index (χ4v) is 1.83. The largest absolute Gasteiger partial charge is 0.402 e. The van der Waals surface area contributed by atoms with Crippen LogP contribution in [-0.4, -0.2) is 0 Å². The van der Waals surface area contributed by atoms with Crippen LogP contribution < -0.4 is 5.73 Å². The van der Waals surface area contributed by atoms with Crippen molar-refractivity contribution in [1.29, 1.82) is 0 Å². The monoisotopic (exact) mass is 223 g/mol. The van der Waals surface area contributed by atoms with Crippen molar-refractivity contribution in [2.75, 3.05) is 0 Å². The summed E-state index contributed by atoms with van der Waals surface area (Å²) in [7, 11) is 0. The van der Waals surface area contributed by atoms with Crippen LogP contribution in [0.4, 0.5) is 0 Å². The lowest BCUT2D eigenvalue weighted by Crippen LogP contribution is -1.90. The molecule has 1 aromatic carbocycles. The maximum atomic E-state index is 5.66. The van der Waals surface area contributed by atoms with E-state index in [1.165, 1.54) is 16.7 Å². The topological polar surface area (TPSA) is 26.0 Å². The van der Waals surface area contributed by atoms with Crippen molar-refractivity contribution < 1.29 is 0 Å². The second kappa shape index (κ2) is 5.35. The fourth-order valence-electron chi connectivity index (χ4n) is 1.83. The summed E-state index contributed by atoms with van der Waals surface area (Å²) in [6.07, 6.45) is 11.7. The number of hydrogen-bond donors (Lipinski definition) is 1. The molecular weight excluding hydrogens is 206 g/mol. The Kier molecular flexibility index (Phi) is 3.61. The van der Waals surface area contributed by atoms with Crippen molar-refractivity contribution in [1.82, 2.24) is 0 Å². The van der Waals surface area contributed by atoms with Crippen LogP contribution in [0.25, 0.3) is 6.08 Å². The van der Waals surface area contributed by atoms with Gasteiger partial charge in [-0.25, -0.2) is 0 Å². The summed E-state index contributed by atoms with van der Waals surface area (Å²) in [5.41, 5.74) is 10.3. The maximum Gasteiger partial charge on any atom is 0.00517 e. The lowest BCUT2D eigenvalue weighted by Gasteiger charge is -1.93. The summed E-state index contributed by atoms with van der Waals surface area (Å²) >= 11 is 0. The van der Waals surface area contributed by atoms with Gasteiger partial charge in [-0.05, 0) is 36.1 Å². The van der Waals surface area contributed by atoms with Crippen LogP contribution in [0.1, 0.15) is 18.9 Å². The summed E-state index contributed by atoms with van der Waals surface area (Å²) in [6.45, 7) is 1.92. The molecule has 0 heterocycles. The van der Waals surface area contributed by atoms with Gasteiger partial charge in [-0.1, -0.05) is 54.6 Å². The fraction of sp³-hybridized carbons (Fsp3) is 0.125. The van der Waals surface area contributed by atoms with Crippen LogP contribution in [0.3, 0.4) is 0 Å². The number of allylic oxidation sites excluding steroid dienone is 7. The lowest BCUT2D eigenvalue weighted by molar-refractivity contribution is 1.25. The predicted molar refractivity (Wildman–Crippen MR) is 74.2 cm³/mol. The Labute approximate surface area is 103 Å². The average molecular weight is 223 g/mol. The molecule has 1 heteroatoms. The van der Waals surface area contributed by atoms with Crippen molar-refractivity contribution in [3.8, 4) is 0 Å². The molecule has 1 aromatic rings. The normalized spacial score (nSPS) is 16.2. The molecule has 0 saturated carbocycles. The van der Waals surface area contributed by atoms with E-state index in [-0.39, 0.29) is 0 Å². The molecule has 0 bridgehead atoms. The SMILES string of the molecule is C/C(N)=C/C1=CC(/C=C/c2ccccc2)=CC1. The van der Waals surface area contributed by atoms with Gasteiger partial charge in [0, 0.05) is 5.70 Å². The Morgan fingerprint density at radius 3 is 2.65 bits per heavy atom. The smallest absolute Gasteiger partial charge is 0.00517 e. The zero-order valence-corrected chi connectivity index (χ0v) is 10.1. The minimum Gasteiger partial charge on any atom is -0.402 e. The summed E-state index contributed by atoms with van der Waals surface area (Å²) < 4.78 is 0. The Hall–Kier alpha value is -2.02. The highest BCUT2D eigenvalue weighted by atomic mass is 14.5. The van der Waals surface area contributed by atoms with Gasteiger partial charge in [-0.2, -0.15) is 0 Å². The third-order valence-electron chi connectivity index (χ3n) is 2.61. The molecular formula is C16H17N. The first-order valence-corrected chi connectivity index (χ1v) is 5.82.